The van der Waals surface area contributed by atoms with E-state index in [9.17, 15) is 9.90 Å². The van der Waals surface area contributed by atoms with Gasteiger partial charge in [-0.15, -0.1) is 0 Å². The summed E-state index contributed by atoms with van der Waals surface area (Å²) in [5, 5.41) is 10.2. The number of hydrogen-bond acceptors (Lipinski definition) is 3. The summed E-state index contributed by atoms with van der Waals surface area (Å²) >= 11 is 0. The number of hydrogen-bond donors (Lipinski definition) is 1. The lowest BCUT2D eigenvalue weighted by Gasteiger charge is -2.28. The fourth-order valence-electron chi connectivity index (χ4n) is 2.45. The highest BCUT2D eigenvalue weighted by atomic mass is 16.3. The molecule has 2 aliphatic carbocycles. The van der Waals surface area contributed by atoms with Crippen LogP contribution in [0, 0.1) is 0 Å². The van der Waals surface area contributed by atoms with Crippen molar-refractivity contribution in [3.05, 3.63) is 0 Å². The van der Waals surface area contributed by atoms with Crippen LogP contribution in [0.15, 0.2) is 4.99 Å². The minimum absolute atomic E-state index is 0.0770. The normalized spacial score (nSPS) is 32.9. The van der Waals surface area contributed by atoms with E-state index in [4.69, 9.17) is 0 Å². The number of carbonyl (C=O) groups is 1. The highest BCUT2D eigenvalue weighted by Gasteiger charge is 2.37. The smallest absolute Gasteiger partial charge is 0.215 e. The molecule has 0 amide bonds. The predicted molar refractivity (Wildman–Crippen MR) is 58.9 cm³/mol. The molecule has 2 aliphatic rings. The van der Waals surface area contributed by atoms with Crippen LogP contribution in [0.1, 0.15) is 57.8 Å². The highest BCUT2D eigenvalue weighted by Crippen LogP contribution is 2.28. The van der Waals surface area contributed by atoms with Gasteiger partial charge in [0.2, 0.25) is 5.72 Å². The van der Waals surface area contributed by atoms with Gasteiger partial charge in [0.05, 0.1) is 0 Å². The zero-order valence-corrected chi connectivity index (χ0v) is 9.17. The largest absolute Gasteiger partial charge is 0.363 e. The Morgan fingerprint density at radius 2 is 1.67 bits per heavy atom. The molecule has 3 nitrogen and oxygen atoms in total. The van der Waals surface area contributed by atoms with E-state index in [1.165, 1.54) is 6.42 Å². The van der Waals surface area contributed by atoms with Crippen molar-refractivity contribution >= 4 is 11.5 Å². The third kappa shape index (κ3) is 2.46. The molecule has 2 fully saturated rings. The second kappa shape index (κ2) is 4.44. The maximum Gasteiger partial charge on any atom is 0.215 e. The minimum Gasteiger partial charge on any atom is -0.363 e. The van der Waals surface area contributed by atoms with Gasteiger partial charge in [0.25, 0.3) is 0 Å². The lowest BCUT2D eigenvalue weighted by molar-refractivity contribution is -0.140. The van der Waals surface area contributed by atoms with Gasteiger partial charge in [0.1, 0.15) is 0 Å². The topological polar surface area (TPSA) is 49.7 Å². The quantitative estimate of drug-likeness (QED) is 0.720. The summed E-state index contributed by atoms with van der Waals surface area (Å²) in [4.78, 5) is 16.0. The van der Waals surface area contributed by atoms with E-state index in [0.29, 0.717) is 12.8 Å². The van der Waals surface area contributed by atoms with Gasteiger partial charge in [-0.05, 0) is 38.5 Å². The van der Waals surface area contributed by atoms with Crippen LogP contribution in [0.25, 0.3) is 0 Å². The van der Waals surface area contributed by atoms with Crippen LogP contribution in [0.3, 0.4) is 0 Å². The molecule has 1 atom stereocenters. The molecule has 0 radical (unpaired) electrons. The van der Waals surface area contributed by atoms with Crippen LogP contribution in [0.5, 0.6) is 0 Å². The van der Waals surface area contributed by atoms with Crippen LogP contribution in [0.4, 0.5) is 0 Å². The second-order valence-electron chi connectivity index (χ2n) is 4.69. The third-order valence-electron chi connectivity index (χ3n) is 3.40. The van der Waals surface area contributed by atoms with Crippen molar-refractivity contribution in [3.63, 3.8) is 0 Å². The Kier molecular flexibility index (Phi) is 3.19. The zero-order valence-electron chi connectivity index (χ0n) is 9.17. The van der Waals surface area contributed by atoms with E-state index in [2.05, 4.69) is 4.99 Å². The first-order valence-corrected chi connectivity index (χ1v) is 6.04. The molecule has 0 aromatic rings. The van der Waals surface area contributed by atoms with Crippen molar-refractivity contribution < 1.29 is 9.90 Å². The lowest BCUT2D eigenvalue weighted by Crippen LogP contribution is -2.40. The number of nitrogens with zero attached hydrogens (tertiary/aromatic N) is 1. The van der Waals surface area contributed by atoms with E-state index < -0.39 is 5.72 Å². The summed E-state index contributed by atoms with van der Waals surface area (Å²) in [5.41, 5.74) is -0.302. The standard InChI is InChI=1S/C12H19NO2/c14-11-8-4-5-9-12(11,15)13-10-6-2-1-3-7-10/h15H,1-9H2. The van der Waals surface area contributed by atoms with Gasteiger partial charge in [-0.1, -0.05) is 6.42 Å². The predicted octanol–water partition coefficient (Wildman–Crippen LogP) is 2.22. The summed E-state index contributed by atoms with van der Waals surface area (Å²) in [6, 6.07) is 0. The van der Waals surface area contributed by atoms with Crippen LogP contribution >= 0.6 is 0 Å². The number of aliphatic hydroxyl groups is 1. The van der Waals surface area contributed by atoms with Crippen molar-refractivity contribution in [2.75, 3.05) is 0 Å². The molecule has 0 bridgehead atoms. The zero-order chi connectivity index (χ0) is 10.7. The molecular formula is C12H19NO2. The SMILES string of the molecule is O=C1CCCCC1(O)N=C1CCCCC1. The summed E-state index contributed by atoms with van der Waals surface area (Å²) in [7, 11) is 0. The van der Waals surface area contributed by atoms with Crippen molar-refractivity contribution in [1.82, 2.24) is 0 Å². The molecule has 1 unspecified atom stereocenters. The fourth-order valence-corrected chi connectivity index (χ4v) is 2.45. The van der Waals surface area contributed by atoms with E-state index in [1.807, 2.05) is 0 Å². The van der Waals surface area contributed by atoms with E-state index in [0.717, 1.165) is 44.2 Å². The average Bonchev–Trinajstić information content (AvgIpc) is 2.24. The molecule has 2 saturated carbocycles. The highest BCUT2D eigenvalue weighted by molar-refractivity contribution is 5.92. The van der Waals surface area contributed by atoms with E-state index in [-0.39, 0.29) is 5.78 Å². The van der Waals surface area contributed by atoms with E-state index >= 15 is 0 Å². The Hall–Kier alpha value is -0.700. The van der Waals surface area contributed by atoms with Crippen molar-refractivity contribution in [1.29, 1.82) is 0 Å². The molecule has 3 heteroatoms. The molecule has 0 saturated heterocycles. The van der Waals surface area contributed by atoms with Gasteiger partial charge in [-0.25, -0.2) is 0 Å². The van der Waals surface area contributed by atoms with Gasteiger partial charge in [-0.2, -0.15) is 0 Å². The van der Waals surface area contributed by atoms with Gasteiger partial charge in [0.15, 0.2) is 5.78 Å². The summed E-state index contributed by atoms with van der Waals surface area (Å²) in [6.07, 6.45) is 8.34. The van der Waals surface area contributed by atoms with Crippen LogP contribution in [-0.2, 0) is 4.79 Å². The van der Waals surface area contributed by atoms with Crippen LogP contribution in [-0.4, -0.2) is 22.3 Å². The molecule has 0 aliphatic heterocycles. The average molecular weight is 209 g/mol. The summed E-state index contributed by atoms with van der Waals surface area (Å²) < 4.78 is 0. The van der Waals surface area contributed by atoms with Gasteiger partial charge in [-0.3, -0.25) is 9.79 Å². The first-order chi connectivity index (χ1) is 7.21. The van der Waals surface area contributed by atoms with Crippen molar-refractivity contribution in [2.45, 2.75) is 63.5 Å². The van der Waals surface area contributed by atoms with Crippen LogP contribution < -0.4 is 0 Å². The maximum absolute atomic E-state index is 11.6. The molecule has 84 valence electrons. The molecule has 1 N–H and O–H groups in total. The number of Topliss-reactive ketones (excluding diaryl/α,β-unsaturated/α-hetero) is 1. The Labute approximate surface area is 90.6 Å². The minimum atomic E-state index is -1.36. The number of carbonyl (C=O) groups excluding carboxylic acids is 1. The fraction of sp³-hybridized carbons (Fsp3) is 0.833. The first-order valence-electron chi connectivity index (χ1n) is 6.04. The lowest BCUT2D eigenvalue weighted by atomic mass is 9.90. The molecule has 0 aromatic heterocycles. The molecule has 0 heterocycles. The van der Waals surface area contributed by atoms with Gasteiger partial charge in [0, 0.05) is 18.6 Å². The maximum atomic E-state index is 11.6. The molecule has 15 heavy (non-hydrogen) atoms. The summed E-state index contributed by atoms with van der Waals surface area (Å²) in [5.74, 6) is -0.0770. The first kappa shape index (κ1) is 10.8. The molecular weight excluding hydrogens is 190 g/mol. The van der Waals surface area contributed by atoms with Gasteiger partial charge < -0.3 is 5.11 Å². The molecule has 2 rings (SSSR count). The van der Waals surface area contributed by atoms with Crippen molar-refractivity contribution in [3.8, 4) is 0 Å². The number of rotatable bonds is 1. The summed E-state index contributed by atoms with van der Waals surface area (Å²) in [6.45, 7) is 0. The Balaban J connectivity index is 2.09. The Morgan fingerprint density at radius 1 is 1.00 bits per heavy atom. The monoisotopic (exact) mass is 209 g/mol. The number of ketones is 1. The van der Waals surface area contributed by atoms with Crippen LogP contribution in [0.2, 0.25) is 0 Å². The van der Waals surface area contributed by atoms with Crippen molar-refractivity contribution in [2.24, 2.45) is 4.99 Å². The molecule has 0 spiro atoms. The Bertz CT molecular complexity index is 277. The molecule has 0 aromatic carbocycles. The number of aliphatic imine (C=N–C) groups is 1. The van der Waals surface area contributed by atoms with Gasteiger partial charge >= 0.3 is 0 Å². The third-order valence-corrected chi connectivity index (χ3v) is 3.40. The Morgan fingerprint density at radius 3 is 2.33 bits per heavy atom. The van der Waals surface area contributed by atoms with E-state index in [1.54, 1.807) is 0 Å². The second-order valence-corrected chi connectivity index (χ2v) is 4.69.